The molecule has 0 bridgehead atoms. The van der Waals surface area contributed by atoms with E-state index in [1.54, 1.807) is 18.3 Å². The molecule has 0 N–H and O–H groups in total. The number of pyridine rings is 1. The predicted molar refractivity (Wildman–Crippen MR) is 61.2 cm³/mol. The Morgan fingerprint density at radius 1 is 1.50 bits per heavy atom. The summed E-state index contributed by atoms with van der Waals surface area (Å²) in [6, 6.07) is 3.30. The molecule has 2 heterocycles. The monoisotopic (exact) mass is 285 g/mol. The highest BCUT2D eigenvalue weighted by molar-refractivity contribution is 9.10. The molecule has 1 aliphatic heterocycles. The van der Waals surface area contributed by atoms with Crippen LogP contribution in [0.1, 0.15) is 23.2 Å². The zero-order valence-corrected chi connectivity index (χ0v) is 10.3. The number of nitrogens with zero attached hydrogens (tertiary/aromatic N) is 1. The van der Waals surface area contributed by atoms with Crippen LogP contribution in [0.2, 0.25) is 0 Å². The standard InChI is InChI=1S/C11H12BrNO3/c12-10-7-8(1-4-13-10)11(14)16-9-2-5-15-6-3-9/h1,4,7,9H,2-3,5-6H2. The van der Waals surface area contributed by atoms with Gasteiger partial charge in [0.2, 0.25) is 0 Å². The number of aromatic nitrogens is 1. The number of hydrogen-bond acceptors (Lipinski definition) is 4. The molecule has 0 spiro atoms. The van der Waals surface area contributed by atoms with E-state index in [0.717, 1.165) is 12.8 Å². The van der Waals surface area contributed by atoms with Crippen molar-refractivity contribution in [1.29, 1.82) is 0 Å². The Bertz CT molecular complexity index is 377. The molecule has 0 aromatic carbocycles. The van der Waals surface area contributed by atoms with Gasteiger partial charge < -0.3 is 9.47 Å². The second-order valence-electron chi connectivity index (χ2n) is 3.58. The van der Waals surface area contributed by atoms with Gasteiger partial charge in [0.25, 0.3) is 0 Å². The van der Waals surface area contributed by atoms with E-state index in [2.05, 4.69) is 20.9 Å². The van der Waals surface area contributed by atoms with Crippen LogP contribution < -0.4 is 0 Å². The van der Waals surface area contributed by atoms with Crippen LogP contribution in [0.4, 0.5) is 0 Å². The van der Waals surface area contributed by atoms with Crippen molar-refractivity contribution in [3.63, 3.8) is 0 Å². The maximum atomic E-state index is 11.8. The van der Waals surface area contributed by atoms with Crippen LogP contribution in [0.5, 0.6) is 0 Å². The molecule has 1 fully saturated rings. The number of halogens is 1. The number of ether oxygens (including phenoxy) is 2. The second kappa shape index (κ2) is 5.41. The molecule has 0 aliphatic carbocycles. The van der Waals surface area contributed by atoms with Crippen LogP contribution in [-0.2, 0) is 9.47 Å². The van der Waals surface area contributed by atoms with Gasteiger partial charge in [-0.25, -0.2) is 9.78 Å². The summed E-state index contributed by atoms with van der Waals surface area (Å²) in [4.78, 5) is 15.7. The molecule has 5 heteroatoms. The Kier molecular flexibility index (Phi) is 3.90. The largest absolute Gasteiger partial charge is 0.459 e. The van der Waals surface area contributed by atoms with E-state index in [9.17, 15) is 4.79 Å². The number of carbonyl (C=O) groups is 1. The van der Waals surface area contributed by atoms with Gasteiger partial charge in [-0.2, -0.15) is 0 Å². The van der Waals surface area contributed by atoms with Gasteiger partial charge >= 0.3 is 5.97 Å². The number of carbonyl (C=O) groups excluding carboxylic acids is 1. The van der Waals surface area contributed by atoms with Gasteiger partial charge in [-0.15, -0.1) is 0 Å². The van der Waals surface area contributed by atoms with Gasteiger partial charge in [-0.1, -0.05) is 0 Å². The number of rotatable bonds is 2. The highest BCUT2D eigenvalue weighted by Crippen LogP contribution is 2.15. The molecular weight excluding hydrogens is 274 g/mol. The highest BCUT2D eigenvalue weighted by Gasteiger charge is 2.19. The fraction of sp³-hybridized carbons (Fsp3) is 0.455. The quantitative estimate of drug-likeness (QED) is 0.617. The maximum Gasteiger partial charge on any atom is 0.338 e. The molecule has 0 atom stereocenters. The lowest BCUT2D eigenvalue weighted by Crippen LogP contribution is -2.26. The van der Waals surface area contributed by atoms with Crippen LogP contribution >= 0.6 is 15.9 Å². The van der Waals surface area contributed by atoms with E-state index in [-0.39, 0.29) is 12.1 Å². The van der Waals surface area contributed by atoms with Crippen molar-refractivity contribution in [3.05, 3.63) is 28.5 Å². The molecule has 0 saturated carbocycles. The van der Waals surface area contributed by atoms with E-state index >= 15 is 0 Å². The normalized spacial score (nSPS) is 17.1. The lowest BCUT2D eigenvalue weighted by atomic mass is 10.1. The van der Waals surface area contributed by atoms with Crippen molar-refractivity contribution >= 4 is 21.9 Å². The van der Waals surface area contributed by atoms with Gasteiger partial charge in [-0.05, 0) is 28.1 Å². The Balaban J connectivity index is 1.97. The van der Waals surface area contributed by atoms with Crippen LogP contribution in [0, 0.1) is 0 Å². The first-order valence-corrected chi connectivity index (χ1v) is 5.95. The maximum absolute atomic E-state index is 11.8. The van der Waals surface area contributed by atoms with E-state index < -0.39 is 0 Å². The average Bonchev–Trinajstić information content (AvgIpc) is 2.30. The van der Waals surface area contributed by atoms with Crippen molar-refractivity contribution in [1.82, 2.24) is 4.98 Å². The van der Waals surface area contributed by atoms with Crippen LogP contribution in [0.25, 0.3) is 0 Å². The smallest absolute Gasteiger partial charge is 0.338 e. The lowest BCUT2D eigenvalue weighted by Gasteiger charge is -2.22. The first kappa shape index (κ1) is 11.5. The highest BCUT2D eigenvalue weighted by atomic mass is 79.9. The minimum atomic E-state index is -0.296. The first-order chi connectivity index (χ1) is 7.75. The third kappa shape index (κ3) is 3.02. The van der Waals surface area contributed by atoms with Crippen molar-refractivity contribution in [2.45, 2.75) is 18.9 Å². The number of esters is 1. The molecule has 1 saturated heterocycles. The number of hydrogen-bond donors (Lipinski definition) is 0. The van der Waals surface area contributed by atoms with Gasteiger partial charge in [0, 0.05) is 19.0 Å². The molecule has 2 rings (SSSR count). The second-order valence-corrected chi connectivity index (χ2v) is 4.40. The topological polar surface area (TPSA) is 48.4 Å². The molecule has 1 aromatic rings. The molecule has 0 unspecified atom stereocenters. The summed E-state index contributed by atoms with van der Waals surface area (Å²) in [7, 11) is 0. The third-order valence-corrected chi connectivity index (χ3v) is 2.84. The fourth-order valence-electron chi connectivity index (χ4n) is 1.54. The summed E-state index contributed by atoms with van der Waals surface area (Å²) >= 11 is 3.22. The Labute approximate surface area is 102 Å². The average molecular weight is 286 g/mol. The summed E-state index contributed by atoms with van der Waals surface area (Å²) in [6.45, 7) is 1.33. The fourth-order valence-corrected chi connectivity index (χ4v) is 1.91. The Morgan fingerprint density at radius 2 is 2.25 bits per heavy atom. The predicted octanol–water partition coefficient (Wildman–Crippen LogP) is 2.18. The van der Waals surface area contributed by atoms with Gasteiger partial charge in [0.1, 0.15) is 10.7 Å². The lowest BCUT2D eigenvalue weighted by molar-refractivity contribution is -0.0159. The van der Waals surface area contributed by atoms with Gasteiger partial charge in [-0.3, -0.25) is 0 Å². The minimum Gasteiger partial charge on any atom is -0.459 e. The summed E-state index contributed by atoms with van der Waals surface area (Å²) in [5, 5.41) is 0. The third-order valence-electron chi connectivity index (χ3n) is 2.40. The summed E-state index contributed by atoms with van der Waals surface area (Å²) < 4.78 is 11.2. The van der Waals surface area contributed by atoms with Crippen LogP contribution in [0.3, 0.4) is 0 Å². The van der Waals surface area contributed by atoms with E-state index in [4.69, 9.17) is 9.47 Å². The molecule has 86 valence electrons. The van der Waals surface area contributed by atoms with E-state index in [1.165, 1.54) is 0 Å². The molecule has 1 aromatic heterocycles. The molecule has 16 heavy (non-hydrogen) atoms. The van der Waals surface area contributed by atoms with Crippen molar-refractivity contribution in [2.24, 2.45) is 0 Å². The van der Waals surface area contributed by atoms with Gasteiger partial charge in [0.05, 0.1) is 18.8 Å². The summed E-state index contributed by atoms with van der Waals surface area (Å²) in [5.74, 6) is -0.296. The van der Waals surface area contributed by atoms with E-state index in [0.29, 0.717) is 23.4 Å². The van der Waals surface area contributed by atoms with Crippen LogP contribution in [-0.4, -0.2) is 30.3 Å². The molecule has 1 aliphatic rings. The summed E-state index contributed by atoms with van der Waals surface area (Å²) in [6.07, 6.45) is 3.11. The van der Waals surface area contributed by atoms with Crippen molar-refractivity contribution < 1.29 is 14.3 Å². The first-order valence-electron chi connectivity index (χ1n) is 5.16. The van der Waals surface area contributed by atoms with E-state index in [1.807, 2.05) is 0 Å². The minimum absolute atomic E-state index is 0.0202. The van der Waals surface area contributed by atoms with Crippen molar-refractivity contribution in [3.8, 4) is 0 Å². The molecule has 0 amide bonds. The molecule has 4 nitrogen and oxygen atoms in total. The summed E-state index contributed by atoms with van der Waals surface area (Å²) in [5.41, 5.74) is 0.522. The zero-order chi connectivity index (χ0) is 11.4. The Hall–Kier alpha value is -0.940. The molecular formula is C11H12BrNO3. The van der Waals surface area contributed by atoms with Crippen LogP contribution in [0.15, 0.2) is 22.9 Å². The SMILES string of the molecule is O=C(OC1CCOCC1)c1ccnc(Br)c1. The molecule has 0 radical (unpaired) electrons. The van der Waals surface area contributed by atoms with Crippen molar-refractivity contribution in [2.75, 3.05) is 13.2 Å². The zero-order valence-electron chi connectivity index (χ0n) is 8.69. The van der Waals surface area contributed by atoms with Gasteiger partial charge in [0.15, 0.2) is 0 Å². The Morgan fingerprint density at radius 3 is 2.94 bits per heavy atom.